The van der Waals surface area contributed by atoms with Gasteiger partial charge in [-0.3, -0.25) is 14.5 Å². The second-order valence-corrected chi connectivity index (χ2v) is 8.74. The van der Waals surface area contributed by atoms with E-state index in [1.165, 1.54) is 0 Å². The van der Waals surface area contributed by atoms with Gasteiger partial charge in [-0.05, 0) is 38.1 Å². The second kappa shape index (κ2) is 9.38. The average molecular weight is 408 g/mol. The first kappa shape index (κ1) is 20.6. The first-order valence-electron chi connectivity index (χ1n) is 9.82. The van der Waals surface area contributed by atoms with E-state index in [4.69, 9.17) is 0 Å². The molecule has 2 aliphatic heterocycles. The number of hydrogen-bond donors (Lipinski definition) is 4. The van der Waals surface area contributed by atoms with E-state index in [0.29, 0.717) is 38.9 Å². The summed E-state index contributed by atoms with van der Waals surface area (Å²) in [6, 6.07) is 3.63. The molecule has 3 rings (SSSR count). The Hall–Kier alpha value is -2.13. The third kappa shape index (κ3) is 5.45. The molecule has 2 saturated heterocycles. The maximum absolute atomic E-state index is 12.2. The minimum absolute atomic E-state index is 0.00645. The zero-order valence-corrected chi connectivity index (χ0v) is 17.2. The Labute approximate surface area is 169 Å². The van der Waals surface area contributed by atoms with Crippen molar-refractivity contribution in [1.82, 2.24) is 26.2 Å². The highest BCUT2D eigenvalue weighted by molar-refractivity contribution is 7.09. The number of urea groups is 1. The van der Waals surface area contributed by atoms with E-state index < -0.39 is 0 Å². The van der Waals surface area contributed by atoms with Gasteiger partial charge in [0, 0.05) is 42.5 Å². The third-order valence-electron chi connectivity index (χ3n) is 5.12. The molecule has 3 atom stereocenters. The van der Waals surface area contributed by atoms with E-state index in [9.17, 15) is 14.4 Å². The van der Waals surface area contributed by atoms with Crippen LogP contribution in [0.3, 0.4) is 0 Å². The molecular formula is C19H29N5O3S. The van der Waals surface area contributed by atoms with Gasteiger partial charge in [-0.25, -0.2) is 4.79 Å². The summed E-state index contributed by atoms with van der Waals surface area (Å²) in [4.78, 5) is 39.7. The maximum Gasteiger partial charge on any atom is 0.315 e. The number of carbonyl (C=O) groups is 3. The van der Waals surface area contributed by atoms with Crippen LogP contribution in [0.25, 0.3) is 0 Å². The van der Waals surface area contributed by atoms with Crippen molar-refractivity contribution in [1.29, 1.82) is 0 Å². The van der Waals surface area contributed by atoms with E-state index in [1.54, 1.807) is 11.3 Å². The Kier molecular flexibility index (Phi) is 6.90. The minimum atomic E-state index is -0.239. The van der Waals surface area contributed by atoms with Gasteiger partial charge in [0.25, 0.3) is 0 Å². The predicted molar refractivity (Wildman–Crippen MR) is 108 cm³/mol. The van der Waals surface area contributed by atoms with Crippen LogP contribution in [0, 0.1) is 0 Å². The largest absolute Gasteiger partial charge is 0.353 e. The van der Waals surface area contributed by atoms with Crippen LogP contribution in [0.2, 0.25) is 0 Å². The lowest BCUT2D eigenvalue weighted by molar-refractivity contribution is -0.129. The van der Waals surface area contributed by atoms with Crippen LogP contribution in [0.1, 0.15) is 38.0 Å². The van der Waals surface area contributed by atoms with Gasteiger partial charge in [0.1, 0.15) is 0 Å². The molecule has 0 aliphatic carbocycles. The van der Waals surface area contributed by atoms with Crippen molar-refractivity contribution in [3.8, 4) is 0 Å². The van der Waals surface area contributed by atoms with Crippen LogP contribution in [0.5, 0.6) is 0 Å². The molecule has 4 amide bonds. The standard InChI is InChI=1S/C19H29N5O3S/c1-12(2)22-19(27)23-13-8-16-18(26)21-9-14(24(16)11-13)5-6-17(25)20-10-15-4-3-7-28-15/h3-4,7,12-14,16H,5-6,8-11H2,1-2H3,(H,20,25)(H,21,26)(H2,22,23,27)/t13-,14-,16+/m1/s1. The lowest BCUT2D eigenvalue weighted by atomic mass is 10.0. The molecule has 3 heterocycles. The molecule has 4 N–H and O–H groups in total. The van der Waals surface area contributed by atoms with E-state index in [0.717, 1.165) is 4.88 Å². The van der Waals surface area contributed by atoms with Gasteiger partial charge in [-0.1, -0.05) is 6.07 Å². The number of hydrogen-bond acceptors (Lipinski definition) is 5. The van der Waals surface area contributed by atoms with Gasteiger partial charge < -0.3 is 21.3 Å². The van der Waals surface area contributed by atoms with E-state index in [-0.39, 0.29) is 42.0 Å². The van der Waals surface area contributed by atoms with Gasteiger partial charge in [0.15, 0.2) is 0 Å². The summed E-state index contributed by atoms with van der Waals surface area (Å²) in [7, 11) is 0. The molecule has 0 bridgehead atoms. The fourth-order valence-electron chi connectivity index (χ4n) is 3.82. The van der Waals surface area contributed by atoms with Crippen molar-refractivity contribution < 1.29 is 14.4 Å². The van der Waals surface area contributed by atoms with Gasteiger partial charge in [0.05, 0.1) is 12.6 Å². The van der Waals surface area contributed by atoms with Gasteiger partial charge >= 0.3 is 6.03 Å². The van der Waals surface area contributed by atoms with Gasteiger partial charge in [0.2, 0.25) is 11.8 Å². The number of fused-ring (bicyclic) bond motifs is 1. The highest BCUT2D eigenvalue weighted by atomic mass is 32.1. The molecule has 0 spiro atoms. The highest BCUT2D eigenvalue weighted by Crippen LogP contribution is 2.25. The lowest BCUT2D eigenvalue weighted by Crippen LogP contribution is -2.58. The normalized spacial score (nSPS) is 24.5. The first-order chi connectivity index (χ1) is 13.4. The molecule has 2 fully saturated rings. The fraction of sp³-hybridized carbons (Fsp3) is 0.632. The number of carbonyl (C=O) groups excluding carboxylic acids is 3. The first-order valence-corrected chi connectivity index (χ1v) is 10.7. The van der Waals surface area contributed by atoms with Crippen LogP contribution < -0.4 is 21.3 Å². The van der Waals surface area contributed by atoms with Crippen molar-refractivity contribution in [2.45, 2.75) is 63.8 Å². The topological polar surface area (TPSA) is 103 Å². The van der Waals surface area contributed by atoms with Crippen LogP contribution in [-0.4, -0.2) is 60.0 Å². The fourth-order valence-corrected chi connectivity index (χ4v) is 4.47. The minimum Gasteiger partial charge on any atom is -0.353 e. The van der Waals surface area contributed by atoms with Crippen molar-refractivity contribution in [2.24, 2.45) is 0 Å². The summed E-state index contributed by atoms with van der Waals surface area (Å²) in [6.45, 7) is 5.54. The summed E-state index contributed by atoms with van der Waals surface area (Å²) in [5, 5.41) is 13.7. The summed E-state index contributed by atoms with van der Waals surface area (Å²) < 4.78 is 0. The number of amides is 4. The van der Waals surface area contributed by atoms with Crippen molar-refractivity contribution in [3.63, 3.8) is 0 Å². The Morgan fingerprint density at radius 3 is 2.93 bits per heavy atom. The molecule has 2 aliphatic rings. The Morgan fingerprint density at radius 1 is 1.39 bits per heavy atom. The van der Waals surface area contributed by atoms with Crippen molar-refractivity contribution >= 4 is 29.2 Å². The molecule has 0 unspecified atom stereocenters. The zero-order chi connectivity index (χ0) is 20.1. The molecule has 8 nitrogen and oxygen atoms in total. The lowest BCUT2D eigenvalue weighted by Gasteiger charge is -2.37. The average Bonchev–Trinajstić information content (AvgIpc) is 3.28. The van der Waals surface area contributed by atoms with Gasteiger partial charge in [-0.2, -0.15) is 0 Å². The summed E-state index contributed by atoms with van der Waals surface area (Å²) >= 11 is 1.62. The monoisotopic (exact) mass is 407 g/mol. The maximum atomic E-state index is 12.2. The Bertz CT molecular complexity index is 694. The number of nitrogens with zero attached hydrogens (tertiary/aromatic N) is 1. The summed E-state index contributed by atoms with van der Waals surface area (Å²) in [5.41, 5.74) is 0. The number of thiophene rings is 1. The second-order valence-electron chi connectivity index (χ2n) is 7.71. The van der Waals surface area contributed by atoms with E-state index in [2.05, 4.69) is 26.2 Å². The number of piperazine rings is 1. The van der Waals surface area contributed by atoms with Gasteiger partial charge in [-0.15, -0.1) is 11.3 Å². The molecular weight excluding hydrogens is 378 g/mol. The molecule has 9 heteroatoms. The van der Waals surface area contributed by atoms with Crippen LogP contribution in [0.15, 0.2) is 17.5 Å². The number of nitrogens with one attached hydrogen (secondary N) is 4. The SMILES string of the molecule is CC(C)NC(=O)N[C@@H]1C[C@H]2C(=O)NC[C@@H](CCC(=O)NCc3cccs3)N2C1. The molecule has 28 heavy (non-hydrogen) atoms. The molecule has 0 saturated carbocycles. The smallest absolute Gasteiger partial charge is 0.315 e. The van der Waals surface area contributed by atoms with E-state index >= 15 is 0 Å². The Morgan fingerprint density at radius 2 is 2.21 bits per heavy atom. The number of rotatable bonds is 7. The van der Waals surface area contributed by atoms with Crippen molar-refractivity contribution in [2.75, 3.05) is 13.1 Å². The summed E-state index contributed by atoms with van der Waals surface area (Å²) in [5.74, 6) is 0.0268. The molecule has 0 aromatic carbocycles. The molecule has 1 aromatic heterocycles. The zero-order valence-electron chi connectivity index (χ0n) is 16.4. The third-order valence-corrected chi connectivity index (χ3v) is 6.00. The highest BCUT2D eigenvalue weighted by Gasteiger charge is 2.43. The molecule has 1 aromatic rings. The van der Waals surface area contributed by atoms with Crippen molar-refractivity contribution in [3.05, 3.63) is 22.4 Å². The molecule has 0 radical (unpaired) electrons. The van der Waals surface area contributed by atoms with Crippen LogP contribution >= 0.6 is 11.3 Å². The van der Waals surface area contributed by atoms with E-state index in [1.807, 2.05) is 31.4 Å². The molecule has 154 valence electrons. The Balaban J connectivity index is 1.48. The quantitative estimate of drug-likeness (QED) is 0.537. The van der Waals surface area contributed by atoms with Crippen LogP contribution in [-0.2, 0) is 16.1 Å². The predicted octanol–water partition coefficient (Wildman–Crippen LogP) is 0.793. The summed E-state index contributed by atoms with van der Waals surface area (Å²) in [6.07, 6.45) is 1.69. The van der Waals surface area contributed by atoms with Crippen LogP contribution in [0.4, 0.5) is 4.79 Å².